The van der Waals surface area contributed by atoms with Crippen molar-refractivity contribution in [3.05, 3.63) is 95.3 Å². The highest BCUT2D eigenvalue weighted by molar-refractivity contribution is 5.82. The summed E-state index contributed by atoms with van der Waals surface area (Å²) < 4.78 is 0. The van der Waals surface area contributed by atoms with Gasteiger partial charge in [-0.3, -0.25) is 4.90 Å². The first kappa shape index (κ1) is 25.5. The van der Waals surface area contributed by atoms with Crippen LogP contribution in [0.3, 0.4) is 0 Å². The fraction of sp³-hybridized carbons (Fsp3) is 0.355. The third-order valence-corrected chi connectivity index (χ3v) is 6.61. The minimum atomic E-state index is 0.648. The first-order valence-corrected chi connectivity index (χ1v) is 13.0. The van der Waals surface area contributed by atoms with Crippen molar-refractivity contribution in [2.45, 2.75) is 39.5 Å². The molecular formula is C31H37N5. The van der Waals surface area contributed by atoms with Crippen molar-refractivity contribution in [3.63, 3.8) is 0 Å². The molecule has 0 saturated carbocycles. The van der Waals surface area contributed by atoms with Gasteiger partial charge in [0.1, 0.15) is 5.82 Å². The molecule has 0 radical (unpaired) electrons. The summed E-state index contributed by atoms with van der Waals surface area (Å²) >= 11 is 0. The fourth-order valence-electron chi connectivity index (χ4n) is 4.75. The fourth-order valence-corrected chi connectivity index (χ4v) is 4.75. The lowest BCUT2D eigenvalue weighted by Crippen LogP contribution is -2.46. The lowest BCUT2D eigenvalue weighted by atomic mass is 10.0. The van der Waals surface area contributed by atoms with Crippen molar-refractivity contribution in [1.82, 2.24) is 14.9 Å². The van der Waals surface area contributed by atoms with Crippen LogP contribution in [0, 0.1) is 0 Å². The van der Waals surface area contributed by atoms with Crippen LogP contribution >= 0.6 is 0 Å². The molecule has 1 aliphatic carbocycles. The molecule has 1 fully saturated rings. The molecular weight excluding hydrogens is 442 g/mol. The maximum atomic E-state index is 6.41. The van der Waals surface area contributed by atoms with Crippen LogP contribution in [0.1, 0.15) is 44.5 Å². The highest BCUT2D eigenvalue weighted by Crippen LogP contribution is 2.30. The third kappa shape index (κ3) is 6.33. The number of unbranched alkanes of at least 4 members (excludes halogenated alkanes) is 1. The summed E-state index contributed by atoms with van der Waals surface area (Å²) in [5.41, 5.74) is 18.2. The van der Waals surface area contributed by atoms with E-state index in [-0.39, 0.29) is 0 Å². The average Bonchev–Trinajstić information content (AvgIpc) is 2.90. The van der Waals surface area contributed by atoms with Gasteiger partial charge in [0, 0.05) is 49.1 Å². The first-order valence-electron chi connectivity index (χ1n) is 13.0. The van der Waals surface area contributed by atoms with Gasteiger partial charge in [0.2, 0.25) is 0 Å². The molecule has 2 N–H and O–H groups in total. The molecule has 1 aromatic heterocycles. The minimum absolute atomic E-state index is 0.648. The van der Waals surface area contributed by atoms with Crippen LogP contribution in [0.25, 0.3) is 16.8 Å². The highest BCUT2D eigenvalue weighted by atomic mass is 15.3. The van der Waals surface area contributed by atoms with Crippen molar-refractivity contribution in [2.75, 3.05) is 37.6 Å². The van der Waals surface area contributed by atoms with Gasteiger partial charge in [-0.05, 0) is 74.6 Å². The topological polar surface area (TPSA) is 58.3 Å². The van der Waals surface area contributed by atoms with E-state index in [2.05, 4.69) is 65.1 Å². The molecule has 0 bridgehead atoms. The molecule has 4 rings (SSSR count). The number of aromatic nitrogens is 2. The molecule has 2 heterocycles. The number of rotatable bonds is 10. The maximum Gasteiger partial charge on any atom is 0.164 e. The third-order valence-electron chi connectivity index (χ3n) is 6.61. The number of aryl methyl sites for hydroxylation is 1. The molecule has 5 heteroatoms. The molecule has 1 aliphatic heterocycles. The van der Waals surface area contributed by atoms with E-state index in [1.54, 1.807) is 0 Å². The largest absolute Gasteiger partial charge is 0.402 e. The van der Waals surface area contributed by atoms with Gasteiger partial charge in [0.25, 0.3) is 0 Å². The van der Waals surface area contributed by atoms with Crippen LogP contribution in [0.4, 0.5) is 5.82 Å². The zero-order valence-electron chi connectivity index (χ0n) is 21.6. The quantitative estimate of drug-likeness (QED) is 0.270. The highest BCUT2D eigenvalue weighted by Gasteiger charge is 2.21. The molecule has 186 valence electrons. The first-order chi connectivity index (χ1) is 17.6. The van der Waals surface area contributed by atoms with E-state index in [0.29, 0.717) is 11.5 Å². The lowest BCUT2D eigenvalue weighted by Gasteiger charge is -2.35. The maximum absolute atomic E-state index is 6.41. The zero-order valence-corrected chi connectivity index (χ0v) is 21.6. The zero-order chi connectivity index (χ0) is 25.3. The van der Waals surface area contributed by atoms with E-state index < -0.39 is 0 Å². The number of benzene rings is 1. The Kier molecular flexibility index (Phi) is 8.76. The van der Waals surface area contributed by atoms with Gasteiger partial charge >= 0.3 is 0 Å². The number of allylic oxidation sites excluding steroid dienone is 7. The molecule has 2 aliphatic rings. The lowest BCUT2D eigenvalue weighted by molar-refractivity contribution is 0.258. The summed E-state index contributed by atoms with van der Waals surface area (Å²) in [6, 6.07) is 10.8. The van der Waals surface area contributed by atoms with Crippen molar-refractivity contribution in [3.8, 4) is 11.3 Å². The normalized spacial score (nSPS) is 16.2. The smallest absolute Gasteiger partial charge is 0.164 e. The molecule has 0 unspecified atom stereocenters. The summed E-state index contributed by atoms with van der Waals surface area (Å²) in [5.74, 6) is 1.60. The summed E-state index contributed by atoms with van der Waals surface area (Å²) in [7, 11) is 0. The van der Waals surface area contributed by atoms with Crippen molar-refractivity contribution < 1.29 is 0 Å². The van der Waals surface area contributed by atoms with Crippen LogP contribution < -0.4 is 10.6 Å². The predicted molar refractivity (Wildman–Crippen MR) is 151 cm³/mol. The summed E-state index contributed by atoms with van der Waals surface area (Å²) in [6.45, 7) is 13.1. The van der Waals surface area contributed by atoms with Gasteiger partial charge in [-0.15, -0.1) is 6.58 Å². The second kappa shape index (κ2) is 12.4. The molecule has 2 aromatic rings. The number of nitrogens with two attached hydrogens (primary N) is 1. The Morgan fingerprint density at radius 2 is 1.97 bits per heavy atom. The Balaban J connectivity index is 1.74. The number of piperazine rings is 1. The number of anilines is 1. The molecule has 36 heavy (non-hydrogen) atoms. The molecule has 1 aromatic carbocycles. The number of nitrogens with zero attached hydrogens (tertiary/aromatic N) is 4. The summed E-state index contributed by atoms with van der Waals surface area (Å²) in [4.78, 5) is 15.0. The van der Waals surface area contributed by atoms with Gasteiger partial charge in [0.15, 0.2) is 5.82 Å². The van der Waals surface area contributed by atoms with Crippen LogP contribution in [0.2, 0.25) is 0 Å². The molecule has 1 saturated heterocycles. The summed E-state index contributed by atoms with van der Waals surface area (Å²) in [5, 5.41) is 0. The predicted octanol–water partition coefficient (Wildman–Crippen LogP) is 5.68. The number of hydrogen-bond acceptors (Lipinski definition) is 5. The molecule has 0 amide bonds. The SMILES string of the molecule is C=CCCCc1cccc(-c2cc(N3CCN(CCC)CC3)nc(/C(C3=CC=C=C=C3)=C(/C)N)n2)c1. The Morgan fingerprint density at radius 3 is 2.67 bits per heavy atom. The van der Waals surface area contributed by atoms with Gasteiger partial charge in [-0.25, -0.2) is 9.97 Å². The van der Waals surface area contributed by atoms with Crippen LogP contribution in [-0.4, -0.2) is 47.6 Å². The van der Waals surface area contributed by atoms with Crippen LogP contribution in [0.15, 0.2) is 83.9 Å². The molecule has 5 nitrogen and oxygen atoms in total. The van der Waals surface area contributed by atoms with Crippen molar-refractivity contribution in [1.29, 1.82) is 0 Å². The molecule has 0 atom stereocenters. The van der Waals surface area contributed by atoms with Crippen LogP contribution in [0.5, 0.6) is 0 Å². The van der Waals surface area contributed by atoms with Crippen LogP contribution in [-0.2, 0) is 6.42 Å². The van der Waals surface area contributed by atoms with E-state index in [0.717, 1.165) is 80.2 Å². The Morgan fingerprint density at radius 1 is 1.14 bits per heavy atom. The van der Waals surface area contributed by atoms with E-state index in [1.165, 1.54) is 12.0 Å². The minimum Gasteiger partial charge on any atom is -0.402 e. The number of hydrogen-bond donors (Lipinski definition) is 1. The summed E-state index contributed by atoms with van der Waals surface area (Å²) in [6.07, 6.45) is 12.0. The van der Waals surface area contributed by atoms with Gasteiger partial charge in [-0.1, -0.05) is 42.7 Å². The van der Waals surface area contributed by atoms with E-state index in [4.69, 9.17) is 15.7 Å². The molecule has 0 spiro atoms. The Labute approximate surface area is 215 Å². The van der Waals surface area contributed by atoms with E-state index in [1.807, 2.05) is 31.2 Å². The van der Waals surface area contributed by atoms with Gasteiger partial charge in [-0.2, -0.15) is 0 Å². The monoisotopic (exact) mass is 479 g/mol. The standard InChI is InChI=1S/C31H37N5/c1-4-6-8-12-25-13-11-16-27(22-25)28-23-29(36-20-18-35(17-5-2)19-21-36)34-31(33-28)30(24(3)32)26-14-9-7-10-15-26/h4,9,11,13-16,22-23H,1,5-6,8,12,17-21,32H2,2-3H3/b30-24-. The second-order valence-corrected chi connectivity index (χ2v) is 9.42. The van der Waals surface area contributed by atoms with E-state index in [9.17, 15) is 0 Å². The van der Waals surface area contributed by atoms with Gasteiger partial charge < -0.3 is 10.6 Å². The van der Waals surface area contributed by atoms with Crippen molar-refractivity contribution in [2.24, 2.45) is 5.73 Å². The van der Waals surface area contributed by atoms with Gasteiger partial charge in [0.05, 0.1) is 5.69 Å². The van der Waals surface area contributed by atoms with Crippen molar-refractivity contribution >= 4 is 11.4 Å². The Bertz CT molecular complexity index is 1240. The Hall–Kier alpha value is -3.62. The second-order valence-electron chi connectivity index (χ2n) is 9.42. The van der Waals surface area contributed by atoms with E-state index >= 15 is 0 Å². The average molecular weight is 480 g/mol.